The van der Waals surface area contributed by atoms with Gasteiger partial charge in [-0.3, -0.25) is 4.72 Å². The van der Waals surface area contributed by atoms with Gasteiger partial charge in [0.15, 0.2) is 5.69 Å². The average molecular weight is 306 g/mol. The summed E-state index contributed by atoms with van der Waals surface area (Å²) in [6.45, 7) is 1.98. The van der Waals surface area contributed by atoms with Gasteiger partial charge in [0.1, 0.15) is 5.82 Å². The zero-order valence-electron chi connectivity index (χ0n) is 11.3. The third-order valence-corrected chi connectivity index (χ3v) is 4.22. The maximum absolute atomic E-state index is 12.2. The largest absolute Gasteiger partial charge is 0.477 e. The highest BCUT2D eigenvalue weighted by molar-refractivity contribution is 7.92. The maximum Gasteiger partial charge on any atom is 0.354 e. The Kier molecular flexibility index (Phi) is 4.23. The van der Waals surface area contributed by atoms with E-state index in [9.17, 15) is 13.2 Å². The van der Waals surface area contributed by atoms with E-state index in [0.717, 1.165) is 12.0 Å². The smallest absolute Gasteiger partial charge is 0.354 e. The van der Waals surface area contributed by atoms with E-state index in [1.165, 1.54) is 30.3 Å². The second-order valence-corrected chi connectivity index (χ2v) is 6.00. The van der Waals surface area contributed by atoms with Crippen molar-refractivity contribution in [2.75, 3.05) is 4.72 Å². The molecule has 0 radical (unpaired) electrons. The first-order valence-electron chi connectivity index (χ1n) is 6.24. The topological polar surface area (TPSA) is 96.4 Å². The summed E-state index contributed by atoms with van der Waals surface area (Å²) in [6, 6.07) is 10.6. The van der Waals surface area contributed by atoms with Crippen LogP contribution in [0.1, 0.15) is 23.0 Å². The molecule has 110 valence electrons. The number of aromatic carboxylic acids is 1. The number of carboxylic acids is 1. The first-order chi connectivity index (χ1) is 9.92. The summed E-state index contributed by atoms with van der Waals surface area (Å²) in [5, 5.41) is 8.84. The minimum atomic E-state index is -3.79. The molecule has 0 amide bonds. The number of nitrogens with zero attached hydrogens (tertiary/aromatic N) is 1. The van der Waals surface area contributed by atoms with E-state index in [-0.39, 0.29) is 16.4 Å². The fraction of sp³-hybridized carbons (Fsp3) is 0.143. The highest BCUT2D eigenvalue weighted by Crippen LogP contribution is 2.15. The first kappa shape index (κ1) is 15.0. The number of carbonyl (C=O) groups is 1. The van der Waals surface area contributed by atoms with Gasteiger partial charge in [-0.25, -0.2) is 18.2 Å². The van der Waals surface area contributed by atoms with Crippen LogP contribution in [0.3, 0.4) is 0 Å². The Morgan fingerprint density at radius 3 is 2.43 bits per heavy atom. The summed E-state index contributed by atoms with van der Waals surface area (Å²) >= 11 is 0. The lowest BCUT2D eigenvalue weighted by Gasteiger charge is -2.08. The molecule has 0 aliphatic heterocycles. The number of hydrogen-bond acceptors (Lipinski definition) is 4. The van der Waals surface area contributed by atoms with Crippen molar-refractivity contribution < 1.29 is 18.3 Å². The van der Waals surface area contributed by atoms with Gasteiger partial charge in [-0.2, -0.15) is 0 Å². The number of hydrogen-bond donors (Lipinski definition) is 2. The lowest BCUT2D eigenvalue weighted by Crippen LogP contribution is -2.15. The van der Waals surface area contributed by atoms with Crippen LogP contribution in [0.2, 0.25) is 0 Å². The second kappa shape index (κ2) is 5.92. The normalized spacial score (nSPS) is 11.1. The summed E-state index contributed by atoms with van der Waals surface area (Å²) in [5.41, 5.74) is 0.802. The molecule has 0 unspecified atom stereocenters. The van der Waals surface area contributed by atoms with Crippen molar-refractivity contribution in [3.63, 3.8) is 0 Å². The Morgan fingerprint density at radius 1 is 1.19 bits per heavy atom. The second-order valence-electron chi connectivity index (χ2n) is 4.32. The minimum absolute atomic E-state index is 0.0329. The lowest BCUT2D eigenvalue weighted by molar-refractivity contribution is 0.0690. The molecule has 0 atom stereocenters. The Bertz CT molecular complexity index is 755. The van der Waals surface area contributed by atoms with Crippen molar-refractivity contribution >= 4 is 21.8 Å². The van der Waals surface area contributed by atoms with E-state index in [1.807, 2.05) is 6.92 Å². The predicted octanol–water partition coefficient (Wildman–Crippen LogP) is 2.14. The molecule has 0 bridgehead atoms. The van der Waals surface area contributed by atoms with Crippen LogP contribution < -0.4 is 4.72 Å². The number of carboxylic acid groups (broad SMARTS) is 1. The SMILES string of the molecule is CCc1ccc(S(=O)(=O)Nc2cccc(C(=O)O)n2)cc1. The number of pyridine rings is 1. The molecule has 0 spiro atoms. The Labute approximate surface area is 122 Å². The van der Waals surface area contributed by atoms with Gasteiger partial charge in [0.05, 0.1) is 4.90 Å². The number of nitrogens with one attached hydrogen (secondary N) is 1. The third kappa shape index (κ3) is 3.57. The molecule has 0 aliphatic rings. The zero-order valence-corrected chi connectivity index (χ0v) is 12.1. The highest BCUT2D eigenvalue weighted by Gasteiger charge is 2.15. The monoisotopic (exact) mass is 306 g/mol. The van der Waals surface area contributed by atoms with Gasteiger partial charge in [0, 0.05) is 0 Å². The van der Waals surface area contributed by atoms with Gasteiger partial charge in [-0.15, -0.1) is 0 Å². The van der Waals surface area contributed by atoms with Crippen LogP contribution in [-0.2, 0) is 16.4 Å². The van der Waals surface area contributed by atoms with Crippen molar-refractivity contribution in [1.29, 1.82) is 0 Å². The molecule has 0 saturated heterocycles. The molecule has 1 heterocycles. The Morgan fingerprint density at radius 2 is 1.86 bits per heavy atom. The van der Waals surface area contributed by atoms with Crippen molar-refractivity contribution in [2.24, 2.45) is 0 Å². The van der Waals surface area contributed by atoms with Gasteiger partial charge < -0.3 is 5.11 Å². The van der Waals surface area contributed by atoms with Gasteiger partial charge in [-0.05, 0) is 36.2 Å². The lowest BCUT2D eigenvalue weighted by atomic mass is 10.2. The molecular formula is C14H14N2O4S. The van der Waals surface area contributed by atoms with E-state index in [2.05, 4.69) is 9.71 Å². The number of sulfonamides is 1. The molecule has 2 aromatic rings. The van der Waals surface area contributed by atoms with Gasteiger partial charge in [0.2, 0.25) is 0 Å². The Balaban J connectivity index is 2.28. The van der Waals surface area contributed by atoms with Crippen molar-refractivity contribution in [1.82, 2.24) is 4.98 Å². The number of aromatic nitrogens is 1. The van der Waals surface area contributed by atoms with E-state index >= 15 is 0 Å². The standard InChI is InChI=1S/C14H14N2O4S/c1-2-10-6-8-11(9-7-10)21(19,20)16-13-5-3-4-12(15-13)14(17)18/h3-9H,2H2,1H3,(H,15,16)(H,17,18). The molecule has 21 heavy (non-hydrogen) atoms. The van der Waals surface area contributed by atoms with Crippen LogP contribution >= 0.6 is 0 Å². The van der Waals surface area contributed by atoms with Crippen LogP contribution in [-0.4, -0.2) is 24.5 Å². The van der Waals surface area contributed by atoms with Gasteiger partial charge in [0.25, 0.3) is 10.0 Å². The van der Waals surface area contributed by atoms with E-state index < -0.39 is 16.0 Å². The third-order valence-electron chi connectivity index (χ3n) is 2.85. The molecule has 1 aromatic carbocycles. The summed E-state index contributed by atoms with van der Waals surface area (Å²) in [6.07, 6.45) is 0.815. The highest BCUT2D eigenvalue weighted by atomic mass is 32.2. The van der Waals surface area contributed by atoms with Crippen molar-refractivity contribution in [3.05, 3.63) is 53.7 Å². The molecule has 7 heteroatoms. The fourth-order valence-electron chi connectivity index (χ4n) is 1.71. The van der Waals surface area contributed by atoms with Gasteiger partial charge >= 0.3 is 5.97 Å². The van der Waals surface area contributed by atoms with Crippen LogP contribution in [0, 0.1) is 0 Å². The molecule has 1 aromatic heterocycles. The van der Waals surface area contributed by atoms with Crippen LogP contribution in [0.15, 0.2) is 47.4 Å². The van der Waals surface area contributed by atoms with Crippen molar-refractivity contribution in [3.8, 4) is 0 Å². The maximum atomic E-state index is 12.2. The summed E-state index contributed by atoms with van der Waals surface area (Å²) < 4.78 is 26.6. The molecule has 6 nitrogen and oxygen atoms in total. The van der Waals surface area contributed by atoms with E-state index in [4.69, 9.17) is 5.11 Å². The quantitative estimate of drug-likeness (QED) is 0.882. The fourth-order valence-corrected chi connectivity index (χ4v) is 2.71. The average Bonchev–Trinajstić information content (AvgIpc) is 2.47. The number of aryl methyl sites for hydroxylation is 1. The first-order valence-corrected chi connectivity index (χ1v) is 7.73. The van der Waals surface area contributed by atoms with Gasteiger partial charge in [-0.1, -0.05) is 25.1 Å². The molecular weight excluding hydrogens is 292 g/mol. The summed E-state index contributed by atoms with van der Waals surface area (Å²) in [7, 11) is -3.79. The van der Waals surface area contributed by atoms with E-state index in [0.29, 0.717) is 0 Å². The van der Waals surface area contributed by atoms with E-state index in [1.54, 1.807) is 12.1 Å². The zero-order chi connectivity index (χ0) is 15.5. The summed E-state index contributed by atoms with van der Waals surface area (Å²) in [4.78, 5) is 14.6. The minimum Gasteiger partial charge on any atom is -0.477 e. The van der Waals surface area contributed by atoms with Crippen LogP contribution in [0.25, 0.3) is 0 Å². The molecule has 2 rings (SSSR count). The summed E-state index contributed by atoms with van der Waals surface area (Å²) in [5.74, 6) is -1.25. The number of anilines is 1. The molecule has 0 fully saturated rings. The molecule has 0 saturated carbocycles. The van der Waals surface area contributed by atoms with Crippen LogP contribution in [0.5, 0.6) is 0 Å². The number of benzene rings is 1. The molecule has 0 aliphatic carbocycles. The molecule has 2 N–H and O–H groups in total. The van der Waals surface area contributed by atoms with Crippen molar-refractivity contribution in [2.45, 2.75) is 18.2 Å². The number of rotatable bonds is 5. The predicted molar refractivity (Wildman–Crippen MR) is 77.8 cm³/mol. The van der Waals surface area contributed by atoms with Crippen LogP contribution in [0.4, 0.5) is 5.82 Å². The Hall–Kier alpha value is -2.41.